The Labute approximate surface area is 123 Å². The van der Waals surface area contributed by atoms with Gasteiger partial charge in [0.1, 0.15) is 5.75 Å². The molecule has 0 aromatic heterocycles. The van der Waals surface area contributed by atoms with Crippen LogP contribution in [0.4, 0.5) is 13.2 Å². The number of nitrogens with zero attached hydrogens (tertiary/aromatic N) is 1. The normalized spacial score (nSPS) is 13.8. The lowest BCUT2D eigenvalue weighted by molar-refractivity contribution is -0.275. The van der Waals surface area contributed by atoms with Crippen molar-refractivity contribution >= 4 is 0 Å². The molecule has 1 unspecified atom stereocenters. The molecule has 1 aromatic rings. The average Bonchev–Trinajstić information content (AvgIpc) is 2.36. The average molecular weight is 304 g/mol. The zero-order valence-electron chi connectivity index (χ0n) is 12.7. The molecule has 0 aliphatic heterocycles. The van der Waals surface area contributed by atoms with Crippen molar-refractivity contribution < 1.29 is 17.9 Å². The van der Waals surface area contributed by atoms with Crippen molar-refractivity contribution in [3.05, 3.63) is 29.8 Å². The molecule has 0 bridgehead atoms. The molecule has 1 atom stereocenters. The third kappa shape index (κ3) is 6.82. The van der Waals surface area contributed by atoms with Crippen LogP contribution in [0.15, 0.2) is 24.3 Å². The van der Waals surface area contributed by atoms with Crippen LogP contribution in [0.2, 0.25) is 0 Å². The highest BCUT2D eigenvalue weighted by Crippen LogP contribution is 2.26. The largest absolute Gasteiger partial charge is 0.573 e. The van der Waals surface area contributed by atoms with Gasteiger partial charge in [-0.3, -0.25) is 0 Å². The summed E-state index contributed by atoms with van der Waals surface area (Å²) in [4.78, 5) is 1.95. The molecule has 3 nitrogen and oxygen atoms in total. The van der Waals surface area contributed by atoms with E-state index in [1.165, 1.54) is 12.1 Å². The van der Waals surface area contributed by atoms with Gasteiger partial charge in [-0.15, -0.1) is 13.2 Å². The Morgan fingerprint density at radius 3 is 2.43 bits per heavy atom. The lowest BCUT2D eigenvalue weighted by Gasteiger charge is -2.22. The monoisotopic (exact) mass is 304 g/mol. The summed E-state index contributed by atoms with van der Waals surface area (Å²) in [5.41, 5.74) is 6.48. The maximum Gasteiger partial charge on any atom is 0.573 e. The highest BCUT2D eigenvalue weighted by Gasteiger charge is 2.32. The number of halogens is 3. The standard InChI is InChI=1S/C15H23F3N2O/c1-11(2)13(19)8-9-20(3)10-12-6-4-5-7-14(12)21-15(16,17)18/h4-7,11,13H,8-10,19H2,1-3H3. The third-order valence-corrected chi connectivity index (χ3v) is 3.34. The van der Waals surface area contributed by atoms with Crippen LogP contribution in [-0.4, -0.2) is 30.9 Å². The van der Waals surface area contributed by atoms with Gasteiger partial charge in [0.05, 0.1) is 0 Å². The van der Waals surface area contributed by atoms with Crippen molar-refractivity contribution in [3.63, 3.8) is 0 Å². The van der Waals surface area contributed by atoms with Crippen molar-refractivity contribution in [1.82, 2.24) is 4.90 Å². The predicted octanol–water partition coefficient (Wildman–Crippen LogP) is 3.39. The maximum atomic E-state index is 12.3. The Balaban J connectivity index is 2.61. The fraction of sp³-hybridized carbons (Fsp3) is 0.600. The molecule has 1 rings (SSSR count). The van der Waals surface area contributed by atoms with E-state index in [4.69, 9.17) is 5.73 Å². The minimum Gasteiger partial charge on any atom is -0.405 e. The lowest BCUT2D eigenvalue weighted by Crippen LogP contribution is -2.31. The predicted molar refractivity (Wildman–Crippen MR) is 76.9 cm³/mol. The number of hydrogen-bond donors (Lipinski definition) is 1. The second-order valence-corrected chi connectivity index (χ2v) is 5.59. The number of hydrogen-bond acceptors (Lipinski definition) is 3. The molecule has 0 saturated heterocycles. The molecule has 0 saturated carbocycles. The topological polar surface area (TPSA) is 38.5 Å². The Hall–Kier alpha value is -1.27. The first-order chi connectivity index (χ1) is 9.69. The zero-order valence-corrected chi connectivity index (χ0v) is 12.7. The summed E-state index contributed by atoms with van der Waals surface area (Å²) >= 11 is 0. The van der Waals surface area contributed by atoms with Gasteiger partial charge < -0.3 is 15.4 Å². The smallest absolute Gasteiger partial charge is 0.405 e. The summed E-state index contributed by atoms with van der Waals surface area (Å²) in [6.07, 6.45) is -3.87. The SMILES string of the molecule is CC(C)C(N)CCN(C)Cc1ccccc1OC(F)(F)F. The molecule has 21 heavy (non-hydrogen) atoms. The number of alkyl halides is 3. The lowest BCUT2D eigenvalue weighted by atomic mass is 10.0. The Bertz CT molecular complexity index is 435. The van der Waals surface area contributed by atoms with Crippen LogP contribution in [0, 0.1) is 5.92 Å². The number of nitrogens with two attached hydrogens (primary N) is 1. The summed E-state index contributed by atoms with van der Waals surface area (Å²) in [7, 11) is 1.86. The van der Waals surface area contributed by atoms with Crippen LogP contribution in [0.3, 0.4) is 0 Å². The summed E-state index contributed by atoms with van der Waals surface area (Å²) in [5.74, 6) is 0.240. The zero-order chi connectivity index (χ0) is 16.0. The first kappa shape index (κ1) is 17.8. The minimum atomic E-state index is -4.67. The Morgan fingerprint density at radius 1 is 1.24 bits per heavy atom. The number of rotatable bonds is 7. The van der Waals surface area contributed by atoms with Crippen molar-refractivity contribution in [2.24, 2.45) is 11.7 Å². The molecule has 0 heterocycles. The van der Waals surface area contributed by atoms with Crippen molar-refractivity contribution in [2.45, 2.75) is 39.2 Å². The van der Waals surface area contributed by atoms with E-state index in [0.29, 0.717) is 18.0 Å². The van der Waals surface area contributed by atoms with E-state index < -0.39 is 6.36 Å². The molecule has 0 aliphatic carbocycles. The van der Waals surface area contributed by atoms with Gasteiger partial charge >= 0.3 is 6.36 Å². The fourth-order valence-corrected chi connectivity index (χ4v) is 1.93. The summed E-state index contributed by atoms with van der Waals surface area (Å²) < 4.78 is 41.1. The molecule has 6 heteroatoms. The van der Waals surface area contributed by atoms with Gasteiger partial charge in [-0.2, -0.15) is 0 Å². The van der Waals surface area contributed by atoms with E-state index in [0.717, 1.165) is 13.0 Å². The fourth-order valence-electron chi connectivity index (χ4n) is 1.93. The molecule has 0 aliphatic rings. The van der Waals surface area contributed by atoms with E-state index >= 15 is 0 Å². The quantitative estimate of drug-likeness (QED) is 0.839. The maximum absolute atomic E-state index is 12.3. The highest BCUT2D eigenvalue weighted by atomic mass is 19.4. The summed E-state index contributed by atoms with van der Waals surface area (Å²) in [6, 6.07) is 6.29. The molecule has 120 valence electrons. The third-order valence-electron chi connectivity index (χ3n) is 3.34. The molecule has 2 N–H and O–H groups in total. The summed E-state index contributed by atoms with van der Waals surface area (Å²) in [5, 5.41) is 0. The van der Waals surface area contributed by atoms with E-state index in [9.17, 15) is 13.2 Å². The highest BCUT2D eigenvalue weighted by molar-refractivity contribution is 5.33. The van der Waals surface area contributed by atoms with Crippen LogP contribution in [-0.2, 0) is 6.54 Å². The molecule has 1 aromatic carbocycles. The molecule has 0 fully saturated rings. The molecule has 0 spiro atoms. The van der Waals surface area contributed by atoms with Gasteiger partial charge in [0, 0.05) is 18.2 Å². The van der Waals surface area contributed by atoms with E-state index in [-0.39, 0.29) is 11.8 Å². The van der Waals surface area contributed by atoms with Gasteiger partial charge in [-0.25, -0.2) is 0 Å². The Kier molecular flexibility index (Phi) is 6.48. The second-order valence-electron chi connectivity index (χ2n) is 5.59. The first-order valence-corrected chi connectivity index (χ1v) is 6.97. The van der Waals surface area contributed by atoms with E-state index in [2.05, 4.69) is 18.6 Å². The van der Waals surface area contributed by atoms with Crippen LogP contribution >= 0.6 is 0 Å². The number of ether oxygens (including phenoxy) is 1. The minimum absolute atomic E-state index is 0.0918. The van der Waals surface area contributed by atoms with Crippen molar-refractivity contribution in [1.29, 1.82) is 0 Å². The molecule has 0 amide bonds. The van der Waals surface area contributed by atoms with E-state index in [1.807, 2.05) is 11.9 Å². The van der Waals surface area contributed by atoms with Gasteiger partial charge in [0.25, 0.3) is 0 Å². The van der Waals surface area contributed by atoms with Crippen LogP contribution in [0.25, 0.3) is 0 Å². The molecule has 0 radical (unpaired) electrons. The van der Waals surface area contributed by atoms with Crippen LogP contribution in [0.1, 0.15) is 25.8 Å². The van der Waals surface area contributed by atoms with Gasteiger partial charge in [-0.05, 0) is 32.0 Å². The molecular weight excluding hydrogens is 281 g/mol. The van der Waals surface area contributed by atoms with Gasteiger partial charge in [0.2, 0.25) is 0 Å². The number of para-hydroxylation sites is 1. The first-order valence-electron chi connectivity index (χ1n) is 6.97. The molecular formula is C15H23F3N2O. The Morgan fingerprint density at radius 2 is 1.86 bits per heavy atom. The number of benzene rings is 1. The second kappa shape index (κ2) is 7.66. The van der Waals surface area contributed by atoms with Gasteiger partial charge in [-0.1, -0.05) is 32.0 Å². The summed E-state index contributed by atoms with van der Waals surface area (Å²) in [6.45, 7) is 5.21. The van der Waals surface area contributed by atoms with Crippen LogP contribution < -0.4 is 10.5 Å². The van der Waals surface area contributed by atoms with Gasteiger partial charge in [0.15, 0.2) is 0 Å². The van der Waals surface area contributed by atoms with Crippen molar-refractivity contribution in [2.75, 3.05) is 13.6 Å². The van der Waals surface area contributed by atoms with E-state index in [1.54, 1.807) is 12.1 Å². The van der Waals surface area contributed by atoms with Crippen molar-refractivity contribution in [3.8, 4) is 5.75 Å². The van der Waals surface area contributed by atoms with Crippen LogP contribution in [0.5, 0.6) is 5.75 Å².